The number of sulfonamides is 1. The summed E-state index contributed by atoms with van der Waals surface area (Å²) in [6.07, 6.45) is 2.31. The number of hydrogen-bond acceptors (Lipinski definition) is 4. The first-order valence-corrected chi connectivity index (χ1v) is 8.41. The van der Waals surface area contributed by atoms with Crippen molar-refractivity contribution in [3.63, 3.8) is 0 Å². The van der Waals surface area contributed by atoms with Crippen LogP contribution in [0.3, 0.4) is 0 Å². The van der Waals surface area contributed by atoms with Crippen molar-refractivity contribution >= 4 is 10.0 Å². The third kappa shape index (κ3) is 12.3. The Morgan fingerprint density at radius 2 is 1.83 bits per heavy atom. The maximum Gasteiger partial charge on any atom is 0.211 e. The van der Waals surface area contributed by atoms with Crippen LogP contribution in [0.5, 0.6) is 0 Å². The van der Waals surface area contributed by atoms with Gasteiger partial charge in [-0.05, 0) is 32.7 Å². The SMILES string of the molecule is CCOCCCNS(=O)(=O)CCCCNC(C)C. The first-order valence-electron chi connectivity index (χ1n) is 6.76. The van der Waals surface area contributed by atoms with Gasteiger partial charge in [-0.25, -0.2) is 13.1 Å². The Morgan fingerprint density at radius 1 is 1.11 bits per heavy atom. The summed E-state index contributed by atoms with van der Waals surface area (Å²) >= 11 is 0. The number of unbranched alkanes of at least 4 members (excludes halogenated alkanes) is 1. The van der Waals surface area contributed by atoms with E-state index in [-0.39, 0.29) is 5.75 Å². The van der Waals surface area contributed by atoms with Gasteiger partial charge in [-0.2, -0.15) is 0 Å². The molecule has 0 amide bonds. The van der Waals surface area contributed by atoms with Crippen LogP contribution in [-0.2, 0) is 14.8 Å². The van der Waals surface area contributed by atoms with E-state index in [1.54, 1.807) is 0 Å². The summed E-state index contributed by atoms with van der Waals surface area (Å²) in [4.78, 5) is 0. The maximum atomic E-state index is 11.6. The van der Waals surface area contributed by atoms with Crippen molar-refractivity contribution in [3.05, 3.63) is 0 Å². The molecular formula is C12H28N2O3S. The van der Waals surface area contributed by atoms with Crippen LogP contribution >= 0.6 is 0 Å². The summed E-state index contributed by atoms with van der Waals surface area (Å²) < 4.78 is 30.9. The van der Waals surface area contributed by atoms with Gasteiger partial charge in [0.2, 0.25) is 10.0 Å². The number of ether oxygens (including phenoxy) is 1. The normalized spacial score (nSPS) is 12.2. The van der Waals surface area contributed by atoms with Crippen LogP contribution in [0.4, 0.5) is 0 Å². The van der Waals surface area contributed by atoms with Crippen LogP contribution in [0.2, 0.25) is 0 Å². The van der Waals surface area contributed by atoms with Crippen molar-refractivity contribution < 1.29 is 13.2 Å². The van der Waals surface area contributed by atoms with Crippen LogP contribution in [0.15, 0.2) is 0 Å². The summed E-state index contributed by atoms with van der Waals surface area (Å²) in [6, 6.07) is 0.457. The predicted octanol–water partition coefficient (Wildman–Crippen LogP) is 1.11. The van der Waals surface area contributed by atoms with Crippen LogP contribution in [0.1, 0.15) is 40.0 Å². The topological polar surface area (TPSA) is 67.4 Å². The Balaban J connectivity index is 3.49. The van der Waals surface area contributed by atoms with Gasteiger partial charge in [-0.3, -0.25) is 0 Å². The first-order chi connectivity index (χ1) is 8.48. The molecule has 0 atom stereocenters. The number of nitrogens with one attached hydrogen (secondary N) is 2. The van der Waals surface area contributed by atoms with Crippen molar-refractivity contribution in [2.75, 3.05) is 32.1 Å². The van der Waals surface area contributed by atoms with Gasteiger partial charge in [0.05, 0.1) is 5.75 Å². The van der Waals surface area contributed by atoms with Crippen molar-refractivity contribution in [2.45, 2.75) is 46.1 Å². The highest BCUT2D eigenvalue weighted by Gasteiger charge is 2.08. The zero-order chi connectivity index (χ0) is 13.9. The van der Waals surface area contributed by atoms with E-state index in [2.05, 4.69) is 23.9 Å². The molecule has 6 heteroatoms. The summed E-state index contributed by atoms with van der Waals surface area (Å²) in [5.41, 5.74) is 0. The van der Waals surface area contributed by atoms with Gasteiger partial charge in [0.15, 0.2) is 0 Å². The first kappa shape index (κ1) is 17.8. The van der Waals surface area contributed by atoms with Gasteiger partial charge in [0, 0.05) is 25.8 Å². The Bertz CT molecular complexity index is 279. The van der Waals surface area contributed by atoms with Gasteiger partial charge >= 0.3 is 0 Å². The quantitative estimate of drug-likeness (QED) is 0.526. The fourth-order valence-electron chi connectivity index (χ4n) is 1.43. The lowest BCUT2D eigenvalue weighted by Crippen LogP contribution is -2.29. The number of rotatable bonds is 12. The van der Waals surface area contributed by atoms with E-state index in [9.17, 15) is 8.42 Å². The van der Waals surface area contributed by atoms with Crippen LogP contribution < -0.4 is 10.0 Å². The average Bonchev–Trinajstić information content (AvgIpc) is 2.27. The highest BCUT2D eigenvalue weighted by atomic mass is 32.2. The number of hydrogen-bond donors (Lipinski definition) is 2. The van der Waals surface area contributed by atoms with E-state index in [4.69, 9.17) is 4.74 Å². The highest BCUT2D eigenvalue weighted by molar-refractivity contribution is 7.89. The monoisotopic (exact) mass is 280 g/mol. The second kappa shape index (κ2) is 10.7. The van der Waals surface area contributed by atoms with E-state index < -0.39 is 10.0 Å². The summed E-state index contributed by atoms with van der Waals surface area (Å²) in [5, 5.41) is 3.27. The molecule has 0 fully saturated rings. The minimum atomic E-state index is -3.10. The van der Waals surface area contributed by atoms with Crippen LogP contribution in [-0.4, -0.2) is 46.5 Å². The summed E-state index contributed by atoms with van der Waals surface area (Å²) in [6.45, 7) is 8.71. The molecule has 0 saturated carbocycles. The van der Waals surface area contributed by atoms with Gasteiger partial charge < -0.3 is 10.1 Å². The largest absolute Gasteiger partial charge is 0.382 e. The summed E-state index contributed by atoms with van der Waals surface area (Å²) in [7, 11) is -3.10. The van der Waals surface area contributed by atoms with E-state index in [1.807, 2.05) is 6.92 Å². The molecule has 0 aliphatic rings. The molecule has 0 bridgehead atoms. The van der Waals surface area contributed by atoms with Crippen molar-refractivity contribution in [2.24, 2.45) is 0 Å². The molecule has 0 aliphatic carbocycles. The third-order valence-electron chi connectivity index (χ3n) is 2.38. The Hall–Kier alpha value is -0.170. The van der Waals surface area contributed by atoms with Crippen molar-refractivity contribution in [1.82, 2.24) is 10.0 Å². The van der Waals surface area contributed by atoms with Crippen LogP contribution in [0.25, 0.3) is 0 Å². The molecule has 5 nitrogen and oxygen atoms in total. The minimum absolute atomic E-state index is 0.210. The van der Waals surface area contributed by atoms with E-state index >= 15 is 0 Å². The maximum absolute atomic E-state index is 11.6. The summed E-state index contributed by atoms with van der Waals surface area (Å²) in [5.74, 6) is 0.210. The molecule has 2 N–H and O–H groups in total. The van der Waals surface area contributed by atoms with Gasteiger partial charge in [0.25, 0.3) is 0 Å². The molecular weight excluding hydrogens is 252 g/mol. The predicted molar refractivity (Wildman–Crippen MR) is 75.3 cm³/mol. The van der Waals surface area contributed by atoms with Crippen LogP contribution in [0, 0.1) is 0 Å². The van der Waals surface area contributed by atoms with Crippen molar-refractivity contribution in [1.29, 1.82) is 0 Å². The van der Waals surface area contributed by atoms with Crippen molar-refractivity contribution in [3.8, 4) is 0 Å². The molecule has 0 aromatic rings. The zero-order valence-electron chi connectivity index (χ0n) is 11.9. The van der Waals surface area contributed by atoms with Gasteiger partial charge in [-0.1, -0.05) is 13.8 Å². The molecule has 0 saturated heterocycles. The molecule has 0 spiro atoms. The molecule has 0 rings (SSSR count). The van der Waals surface area contributed by atoms with E-state index in [0.29, 0.717) is 32.2 Å². The minimum Gasteiger partial charge on any atom is -0.382 e. The molecule has 0 aliphatic heterocycles. The standard InChI is InChI=1S/C12H28N2O3S/c1-4-17-10-7-9-14-18(15,16)11-6-5-8-13-12(2)3/h12-14H,4-11H2,1-3H3. The lowest BCUT2D eigenvalue weighted by atomic mass is 10.3. The lowest BCUT2D eigenvalue weighted by molar-refractivity contribution is 0.146. The molecule has 18 heavy (non-hydrogen) atoms. The third-order valence-corrected chi connectivity index (χ3v) is 3.85. The fraction of sp³-hybridized carbons (Fsp3) is 1.00. The Labute approximate surface area is 112 Å². The zero-order valence-corrected chi connectivity index (χ0v) is 12.7. The van der Waals surface area contributed by atoms with E-state index in [1.165, 1.54) is 0 Å². The molecule has 0 aromatic heterocycles. The second-order valence-electron chi connectivity index (χ2n) is 4.58. The molecule has 110 valence electrons. The van der Waals surface area contributed by atoms with E-state index in [0.717, 1.165) is 19.4 Å². The van der Waals surface area contributed by atoms with Gasteiger partial charge in [-0.15, -0.1) is 0 Å². The molecule has 0 radical (unpaired) electrons. The highest BCUT2D eigenvalue weighted by Crippen LogP contribution is 1.95. The fourth-order valence-corrected chi connectivity index (χ4v) is 2.61. The molecule has 0 heterocycles. The Kier molecular flexibility index (Phi) is 10.6. The average molecular weight is 280 g/mol. The molecule has 0 unspecified atom stereocenters. The smallest absolute Gasteiger partial charge is 0.211 e. The Morgan fingerprint density at radius 3 is 2.44 bits per heavy atom. The second-order valence-corrected chi connectivity index (χ2v) is 6.51. The lowest BCUT2D eigenvalue weighted by Gasteiger charge is -2.09. The molecule has 0 aromatic carbocycles. The van der Waals surface area contributed by atoms with Gasteiger partial charge in [0.1, 0.15) is 0 Å².